The molecule has 0 aromatic heterocycles. The molecule has 0 unspecified atom stereocenters. The number of thioether (sulfide) groups is 1. The van der Waals surface area contributed by atoms with E-state index in [0.717, 1.165) is 22.9 Å². The van der Waals surface area contributed by atoms with Crippen molar-refractivity contribution in [3.05, 3.63) is 96.8 Å². The van der Waals surface area contributed by atoms with E-state index in [1.54, 1.807) is 36.4 Å². The zero-order chi connectivity index (χ0) is 24.9. The molecule has 9 heteroatoms. The summed E-state index contributed by atoms with van der Waals surface area (Å²) in [5.74, 6) is 0.685. The van der Waals surface area contributed by atoms with Crippen LogP contribution in [0.15, 0.2) is 70.0 Å². The van der Waals surface area contributed by atoms with Crippen LogP contribution in [0, 0.1) is 0 Å². The molecule has 0 bridgehead atoms. The molecule has 1 saturated heterocycles. The average molecular weight is 593 g/mol. The minimum Gasteiger partial charge on any atom is -0.490 e. The number of carbonyl (C=O) groups excluding carboxylic acids is 2. The molecule has 3 aromatic carbocycles. The number of carbonyl (C=O) groups is 2. The van der Waals surface area contributed by atoms with Crippen LogP contribution in [-0.4, -0.2) is 22.7 Å². The lowest BCUT2D eigenvalue weighted by atomic mass is 10.1. The molecule has 1 aliphatic rings. The lowest BCUT2D eigenvalue weighted by molar-refractivity contribution is -0.123. The maximum atomic E-state index is 13.0. The summed E-state index contributed by atoms with van der Waals surface area (Å²) in [5.41, 5.74) is 2.32. The lowest BCUT2D eigenvalue weighted by Gasteiger charge is -2.15. The fraction of sp³-hybridized carbons (Fsp3) is 0.154. The second-order valence-electron chi connectivity index (χ2n) is 7.54. The Labute approximate surface area is 226 Å². The van der Waals surface area contributed by atoms with E-state index in [1.807, 2.05) is 37.3 Å². The number of rotatable bonds is 8. The van der Waals surface area contributed by atoms with Gasteiger partial charge in [0, 0.05) is 15.6 Å². The molecule has 5 nitrogen and oxygen atoms in total. The molecule has 1 aliphatic heterocycles. The van der Waals surface area contributed by atoms with Gasteiger partial charge in [-0.3, -0.25) is 14.5 Å². The summed E-state index contributed by atoms with van der Waals surface area (Å²) < 4.78 is 12.5. The summed E-state index contributed by atoms with van der Waals surface area (Å²) >= 11 is 16.7. The highest BCUT2D eigenvalue weighted by Gasteiger charge is 2.35. The Bertz CT molecular complexity index is 1310. The third-order valence-electron chi connectivity index (χ3n) is 5.06. The first kappa shape index (κ1) is 25.6. The molecule has 1 fully saturated rings. The van der Waals surface area contributed by atoms with Gasteiger partial charge in [0.2, 0.25) is 0 Å². The first-order chi connectivity index (χ1) is 16.9. The first-order valence-electron chi connectivity index (χ1n) is 10.7. The molecule has 0 atom stereocenters. The van der Waals surface area contributed by atoms with Crippen molar-refractivity contribution in [3.63, 3.8) is 0 Å². The molecule has 0 aliphatic carbocycles. The van der Waals surface area contributed by atoms with E-state index in [0.29, 0.717) is 43.1 Å². The van der Waals surface area contributed by atoms with Gasteiger partial charge in [0.25, 0.3) is 11.1 Å². The van der Waals surface area contributed by atoms with Gasteiger partial charge in [-0.05, 0) is 82.2 Å². The van der Waals surface area contributed by atoms with E-state index in [2.05, 4.69) is 15.9 Å². The third-order valence-corrected chi connectivity index (χ3v) is 7.16. The maximum Gasteiger partial charge on any atom is 0.293 e. The smallest absolute Gasteiger partial charge is 0.293 e. The second-order valence-corrected chi connectivity index (χ2v) is 10.2. The van der Waals surface area contributed by atoms with E-state index in [9.17, 15) is 9.59 Å². The Hall–Kier alpha value is -2.45. The van der Waals surface area contributed by atoms with Crippen LogP contribution in [-0.2, 0) is 17.9 Å². The Morgan fingerprint density at radius 3 is 2.57 bits per heavy atom. The Kier molecular flexibility index (Phi) is 8.44. The van der Waals surface area contributed by atoms with Crippen molar-refractivity contribution in [3.8, 4) is 11.5 Å². The van der Waals surface area contributed by atoms with Crippen molar-refractivity contribution >= 4 is 68.1 Å². The van der Waals surface area contributed by atoms with Crippen molar-refractivity contribution < 1.29 is 19.1 Å². The fourth-order valence-corrected chi connectivity index (χ4v) is 5.26. The van der Waals surface area contributed by atoms with E-state index >= 15 is 0 Å². The molecule has 3 aromatic rings. The summed E-state index contributed by atoms with van der Waals surface area (Å²) in [6, 6.07) is 18.1. The number of ether oxygens (including phenoxy) is 2. The summed E-state index contributed by atoms with van der Waals surface area (Å²) in [6.45, 7) is 2.72. The molecular formula is C26H20BrCl2NO4S. The van der Waals surface area contributed by atoms with Crippen LogP contribution in [0.25, 0.3) is 6.08 Å². The van der Waals surface area contributed by atoms with Crippen LogP contribution in [0.3, 0.4) is 0 Å². The van der Waals surface area contributed by atoms with Gasteiger partial charge in [-0.25, -0.2) is 0 Å². The number of benzene rings is 3. The molecular weight excluding hydrogens is 573 g/mol. The highest BCUT2D eigenvalue weighted by Crippen LogP contribution is 2.40. The summed E-state index contributed by atoms with van der Waals surface area (Å²) in [4.78, 5) is 27.0. The van der Waals surface area contributed by atoms with Gasteiger partial charge in [0.05, 0.1) is 22.5 Å². The van der Waals surface area contributed by atoms with E-state index in [1.165, 1.54) is 4.90 Å². The number of hydrogen-bond donors (Lipinski definition) is 0. The Morgan fingerprint density at radius 2 is 1.83 bits per heavy atom. The van der Waals surface area contributed by atoms with E-state index in [4.69, 9.17) is 32.7 Å². The van der Waals surface area contributed by atoms with Gasteiger partial charge < -0.3 is 9.47 Å². The lowest BCUT2D eigenvalue weighted by Crippen LogP contribution is -2.27. The van der Waals surface area contributed by atoms with E-state index < -0.39 is 0 Å². The SMILES string of the molecule is CCOc1cc(/C=C2\SC(=O)N(Cc3cccc(Cl)c3)C2=O)cc(Br)c1OCc1ccccc1Cl. The zero-order valence-electron chi connectivity index (χ0n) is 18.6. The van der Waals surface area contributed by atoms with Gasteiger partial charge in [-0.15, -0.1) is 0 Å². The largest absolute Gasteiger partial charge is 0.490 e. The first-order valence-corrected chi connectivity index (χ1v) is 13.0. The standard InChI is InChI=1S/C26H20BrCl2NO4S/c1-2-33-22-12-17(11-20(27)24(22)34-15-18-7-3-4-9-21(18)29)13-23-25(31)30(26(32)35-23)14-16-6-5-8-19(28)10-16/h3-13H,2,14-15H2,1H3/b23-13-. The minimum atomic E-state index is -0.354. The summed E-state index contributed by atoms with van der Waals surface area (Å²) in [6.07, 6.45) is 1.67. The van der Waals surface area contributed by atoms with Crippen molar-refractivity contribution in [2.45, 2.75) is 20.1 Å². The van der Waals surface area contributed by atoms with Crippen LogP contribution in [0.1, 0.15) is 23.6 Å². The molecule has 180 valence electrons. The van der Waals surface area contributed by atoms with Crippen LogP contribution in [0.4, 0.5) is 4.79 Å². The quantitative estimate of drug-likeness (QED) is 0.248. The molecule has 2 amide bonds. The normalized spacial score (nSPS) is 14.6. The van der Waals surface area contributed by atoms with Gasteiger partial charge in [0.1, 0.15) is 6.61 Å². The number of amides is 2. The van der Waals surface area contributed by atoms with Crippen LogP contribution < -0.4 is 9.47 Å². The number of nitrogens with zero attached hydrogens (tertiary/aromatic N) is 1. The molecule has 0 radical (unpaired) electrons. The van der Waals surface area contributed by atoms with Crippen LogP contribution in [0.5, 0.6) is 11.5 Å². The maximum absolute atomic E-state index is 13.0. The highest BCUT2D eigenvalue weighted by molar-refractivity contribution is 9.10. The van der Waals surface area contributed by atoms with Crippen molar-refractivity contribution in [2.24, 2.45) is 0 Å². The fourth-order valence-electron chi connectivity index (χ4n) is 3.45. The minimum absolute atomic E-state index is 0.158. The van der Waals surface area contributed by atoms with Gasteiger partial charge >= 0.3 is 0 Å². The summed E-state index contributed by atoms with van der Waals surface area (Å²) in [5, 5.41) is 0.840. The number of imide groups is 1. The van der Waals surface area contributed by atoms with Gasteiger partial charge in [-0.2, -0.15) is 0 Å². The zero-order valence-corrected chi connectivity index (χ0v) is 22.5. The Balaban J connectivity index is 1.56. The van der Waals surface area contributed by atoms with Crippen LogP contribution in [0.2, 0.25) is 10.0 Å². The Morgan fingerprint density at radius 1 is 1.03 bits per heavy atom. The van der Waals surface area contributed by atoms with Crippen LogP contribution >= 0.6 is 50.9 Å². The van der Waals surface area contributed by atoms with Crippen molar-refractivity contribution in [1.29, 1.82) is 0 Å². The summed E-state index contributed by atoms with van der Waals surface area (Å²) in [7, 11) is 0. The second kappa shape index (κ2) is 11.5. The molecule has 1 heterocycles. The monoisotopic (exact) mass is 591 g/mol. The molecule has 0 N–H and O–H groups in total. The van der Waals surface area contributed by atoms with Crippen molar-refractivity contribution in [1.82, 2.24) is 4.90 Å². The number of hydrogen-bond acceptors (Lipinski definition) is 5. The predicted octanol–water partition coefficient (Wildman–Crippen LogP) is 7.97. The molecule has 0 saturated carbocycles. The molecule has 0 spiro atoms. The number of halogens is 3. The van der Waals surface area contributed by atoms with Gasteiger partial charge in [0.15, 0.2) is 11.5 Å². The molecule has 35 heavy (non-hydrogen) atoms. The average Bonchev–Trinajstić information content (AvgIpc) is 3.07. The topological polar surface area (TPSA) is 55.8 Å². The highest BCUT2D eigenvalue weighted by atomic mass is 79.9. The predicted molar refractivity (Wildman–Crippen MR) is 144 cm³/mol. The molecule has 4 rings (SSSR count). The third kappa shape index (κ3) is 6.22. The van der Waals surface area contributed by atoms with Crippen molar-refractivity contribution in [2.75, 3.05) is 6.61 Å². The van der Waals surface area contributed by atoms with E-state index in [-0.39, 0.29) is 24.3 Å². The van der Waals surface area contributed by atoms with Gasteiger partial charge in [-0.1, -0.05) is 53.5 Å².